The van der Waals surface area contributed by atoms with Crippen LogP contribution >= 0.6 is 0 Å². The molecule has 56 valence electrons. The molecule has 0 aliphatic carbocycles. The fourth-order valence-corrected chi connectivity index (χ4v) is 0.911. The molecule has 0 aliphatic rings. The van der Waals surface area contributed by atoms with Gasteiger partial charge in [0.15, 0.2) is 0 Å². The van der Waals surface area contributed by atoms with E-state index in [1.165, 1.54) is 0 Å². The van der Waals surface area contributed by atoms with Gasteiger partial charge in [0.1, 0.15) is 0 Å². The van der Waals surface area contributed by atoms with Crippen molar-refractivity contribution in [2.45, 2.75) is 13.8 Å². The number of aromatic nitrogens is 2. The molecule has 0 fully saturated rings. The minimum Gasteiger partial charge on any atom is -0.244 e. The molecule has 2 nitrogen and oxygen atoms in total. The van der Waals surface area contributed by atoms with Gasteiger partial charge in [-0.3, -0.25) is 0 Å². The number of rotatable bonds is 1. The lowest BCUT2D eigenvalue weighted by atomic mass is 10.4. The van der Waals surface area contributed by atoms with E-state index >= 15 is 0 Å². The normalized spacial score (nSPS) is 10.3. The van der Waals surface area contributed by atoms with Crippen molar-refractivity contribution >= 4 is 6.20 Å². The van der Waals surface area contributed by atoms with E-state index in [9.17, 15) is 0 Å². The molecule has 0 amide bonds. The largest absolute Gasteiger partial charge is 0.244 e. The minimum atomic E-state index is 1.00. The second kappa shape index (κ2) is 3.07. The summed E-state index contributed by atoms with van der Waals surface area (Å²) in [7, 11) is 0. The predicted octanol–water partition coefficient (Wildman–Crippen LogP) is 1.60. The number of terminal acetylenes is 1. The van der Waals surface area contributed by atoms with Gasteiger partial charge < -0.3 is 0 Å². The first-order chi connectivity index (χ1) is 5.24. The van der Waals surface area contributed by atoms with Crippen molar-refractivity contribution in [3.8, 4) is 12.3 Å². The molecule has 1 heterocycles. The number of aryl methyl sites for hydroxylation is 2. The maximum atomic E-state index is 5.06. The van der Waals surface area contributed by atoms with E-state index in [2.05, 4.69) is 11.0 Å². The highest BCUT2D eigenvalue weighted by atomic mass is 15.3. The zero-order valence-electron chi connectivity index (χ0n) is 6.70. The molecule has 0 aliphatic heterocycles. The summed E-state index contributed by atoms with van der Waals surface area (Å²) in [6.07, 6.45) is 8.45. The molecule has 1 rings (SSSR count). The molecule has 0 radical (unpaired) electrons. The predicted molar refractivity (Wildman–Crippen MR) is 45.9 cm³/mol. The number of nitrogens with zero attached hydrogens (tertiary/aromatic N) is 2. The zero-order valence-corrected chi connectivity index (χ0v) is 6.70. The molecular weight excluding hydrogens is 136 g/mol. The summed E-state index contributed by atoms with van der Waals surface area (Å²) in [6, 6.07) is 2.00. The van der Waals surface area contributed by atoms with E-state index in [4.69, 9.17) is 6.42 Å². The Morgan fingerprint density at radius 3 is 2.82 bits per heavy atom. The summed E-state index contributed by atoms with van der Waals surface area (Å²) in [5.74, 6) is 2.41. The van der Waals surface area contributed by atoms with Crippen molar-refractivity contribution in [1.29, 1.82) is 0 Å². The molecule has 2 heteroatoms. The Balaban J connectivity index is 2.96. The van der Waals surface area contributed by atoms with Crippen LogP contribution < -0.4 is 0 Å². The molecule has 11 heavy (non-hydrogen) atoms. The van der Waals surface area contributed by atoms with Gasteiger partial charge >= 0.3 is 0 Å². The molecule has 0 saturated carbocycles. The van der Waals surface area contributed by atoms with Gasteiger partial charge in [0.25, 0.3) is 0 Å². The fraction of sp³-hybridized carbons (Fsp3) is 0.222. The first kappa shape index (κ1) is 7.62. The Kier molecular flexibility index (Phi) is 2.12. The van der Waals surface area contributed by atoms with Gasteiger partial charge in [0.05, 0.1) is 5.69 Å². The molecule has 0 atom stereocenters. The molecule has 0 unspecified atom stereocenters. The molecule has 0 aromatic carbocycles. The van der Waals surface area contributed by atoms with Crippen LogP contribution in [-0.2, 0) is 0 Å². The van der Waals surface area contributed by atoms with Gasteiger partial charge in [-0.25, -0.2) is 4.68 Å². The van der Waals surface area contributed by atoms with Crippen LogP contribution in [0.3, 0.4) is 0 Å². The van der Waals surface area contributed by atoms with Crippen LogP contribution in [0, 0.1) is 26.2 Å². The van der Waals surface area contributed by atoms with Gasteiger partial charge in [-0.15, -0.1) is 6.42 Å². The number of allylic oxidation sites excluding steroid dienone is 1. The Labute approximate surface area is 66.5 Å². The molecule has 1 aromatic heterocycles. The molecule has 0 saturated heterocycles. The smallest absolute Gasteiger partial charge is 0.0600 e. The molecule has 0 bridgehead atoms. The van der Waals surface area contributed by atoms with Crippen molar-refractivity contribution in [2.24, 2.45) is 0 Å². The van der Waals surface area contributed by atoms with E-state index in [0.717, 1.165) is 11.4 Å². The van der Waals surface area contributed by atoms with Gasteiger partial charge in [-0.2, -0.15) is 5.10 Å². The first-order valence-electron chi connectivity index (χ1n) is 3.39. The van der Waals surface area contributed by atoms with E-state index < -0.39 is 0 Å². The van der Waals surface area contributed by atoms with Crippen LogP contribution in [0.5, 0.6) is 0 Å². The van der Waals surface area contributed by atoms with Crippen molar-refractivity contribution in [1.82, 2.24) is 9.78 Å². The van der Waals surface area contributed by atoms with E-state index in [-0.39, 0.29) is 0 Å². The number of hydrogen-bond donors (Lipinski definition) is 0. The standard InChI is InChI=1S/C9H10N2/c1-4-5-6-11-9(3)7-8(2)10-11/h1,5-7H,2-3H3/b6-5+. The highest BCUT2D eigenvalue weighted by Crippen LogP contribution is 2.01. The average molecular weight is 146 g/mol. The lowest BCUT2D eigenvalue weighted by Gasteiger charge is -1.91. The van der Waals surface area contributed by atoms with Gasteiger partial charge in [0, 0.05) is 18.0 Å². The van der Waals surface area contributed by atoms with Crippen LogP contribution in [0.4, 0.5) is 0 Å². The third-order valence-electron chi connectivity index (χ3n) is 1.36. The summed E-state index contributed by atoms with van der Waals surface area (Å²) < 4.78 is 1.76. The van der Waals surface area contributed by atoms with Crippen LogP contribution in [0.2, 0.25) is 0 Å². The quantitative estimate of drug-likeness (QED) is 0.550. The average Bonchev–Trinajstić information content (AvgIpc) is 2.26. The molecule has 0 spiro atoms. The summed E-state index contributed by atoms with van der Waals surface area (Å²) in [4.78, 5) is 0. The van der Waals surface area contributed by atoms with E-state index in [1.54, 1.807) is 17.0 Å². The summed E-state index contributed by atoms with van der Waals surface area (Å²) in [6.45, 7) is 3.94. The number of hydrogen-bond acceptors (Lipinski definition) is 1. The molecule has 1 aromatic rings. The van der Waals surface area contributed by atoms with Crippen molar-refractivity contribution < 1.29 is 0 Å². The van der Waals surface area contributed by atoms with Crippen LogP contribution in [0.15, 0.2) is 12.1 Å². The fourth-order valence-electron chi connectivity index (χ4n) is 0.911. The highest BCUT2D eigenvalue weighted by molar-refractivity contribution is 5.32. The highest BCUT2D eigenvalue weighted by Gasteiger charge is 1.94. The minimum absolute atomic E-state index is 1.00. The monoisotopic (exact) mass is 146 g/mol. The molecule has 0 N–H and O–H groups in total. The topological polar surface area (TPSA) is 17.8 Å². The van der Waals surface area contributed by atoms with Crippen LogP contribution in [0.25, 0.3) is 6.20 Å². The van der Waals surface area contributed by atoms with Crippen molar-refractivity contribution in [2.75, 3.05) is 0 Å². The summed E-state index contributed by atoms with van der Waals surface area (Å²) >= 11 is 0. The Bertz CT molecular complexity index is 313. The second-order valence-corrected chi connectivity index (χ2v) is 2.35. The van der Waals surface area contributed by atoms with Gasteiger partial charge in [-0.1, -0.05) is 5.92 Å². The van der Waals surface area contributed by atoms with Crippen LogP contribution in [-0.4, -0.2) is 9.78 Å². The van der Waals surface area contributed by atoms with Crippen LogP contribution in [0.1, 0.15) is 11.4 Å². The van der Waals surface area contributed by atoms with E-state index in [0.29, 0.717) is 0 Å². The second-order valence-electron chi connectivity index (χ2n) is 2.35. The molecular formula is C9H10N2. The van der Waals surface area contributed by atoms with Crippen molar-refractivity contribution in [3.63, 3.8) is 0 Å². The van der Waals surface area contributed by atoms with Gasteiger partial charge in [-0.05, 0) is 19.9 Å². The summed E-state index contributed by atoms with van der Waals surface area (Å²) in [5, 5.41) is 4.18. The lowest BCUT2D eigenvalue weighted by molar-refractivity contribution is 0.881. The van der Waals surface area contributed by atoms with Gasteiger partial charge in [0.2, 0.25) is 0 Å². The first-order valence-corrected chi connectivity index (χ1v) is 3.39. The van der Waals surface area contributed by atoms with Crippen molar-refractivity contribution in [3.05, 3.63) is 23.5 Å². The third kappa shape index (κ3) is 1.71. The maximum Gasteiger partial charge on any atom is 0.0600 e. The SMILES string of the molecule is C#C/C=C/n1nc(C)cc1C. The lowest BCUT2D eigenvalue weighted by Crippen LogP contribution is -1.90. The third-order valence-corrected chi connectivity index (χ3v) is 1.36. The Morgan fingerprint density at radius 1 is 1.64 bits per heavy atom. The summed E-state index contributed by atoms with van der Waals surface area (Å²) in [5.41, 5.74) is 2.10. The Morgan fingerprint density at radius 2 is 2.36 bits per heavy atom. The zero-order chi connectivity index (χ0) is 8.27. The maximum absolute atomic E-state index is 5.06. The Hall–Kier alpha value is -1.49. The van der Waals surface area contributed by atoms with E-state index in [1.807, 2.05) is 19.9 Å².